The van der Waals surface area contributed by atoms with Crippen molar-refractivity contribution in [2.24, 2.45) is 0 Å². The molecule has 0 aliphatic rings. The standard InChI is InChI=1S/C60H104O6/c1-4-7-10-13-16-19-22-25-28-29-30-31-33-35-38-41-44-47-50-53-59(62)65-56-57(55-64-58(61)52-49-46-43-40-37-34-27-24-21-18-15-12-9-6-3)66-60(63)54-51-48-45-42-39-36-32-26-23-20-17-14-11-8-5-2/h7,10,16,19,25-26,28,30-32,35,38,57H,4-6,8-9,11-15,17-18,20-24,27,29,33-34,36-37,39-56H2,1-3H3/b10-7-,19-16-,28-25-,31-30-,32-26-,38-35-. The first-order valence-electron chi connectivity index (χ1n) is 27.9. The Labute approximate surface area is 408 Å². The maximum atomic E-state index is 12.8. The van der Waals surface area contributed by atoms with Gasteiger partial charge < -0.3 is 14.2 Å². The van der Waals surface area contributed by atoms with Crippen molar-refractivity contribution in [3.05, 3.63) is 72.9 Å². The van der Waals surface area contributed by atoms with E-state index in [2.05, 4.69) is 93.7 Å². The highest BCUT2D eigenvalue weighted by molar-refractivity contribution is 5.71. The number of allylic oxidation sites excluding steroid dienone is 12. The summed E-state index contributed by atoms with van der Waals surface area (Å²) in [6.07, 6.45) is 68.8. The molecule has 0 aromatic rings. The van der Waals surface area contributed by atoms with E-state index in [4.69, 9.17) is 14.2 Å². The lowest BCUT2D eigenvalue weighted by atomic mass is 10.0. The predicted molar refractivity (Wildman–Crippen MR) is 284 cm³/mol. The van der Waals surface area contributed by atoms with E-state index in [1.54, 1.807) is 0 Å². The number of rotatable bonds is 50. The van der Waals surface area contributed by atoms with Crippen LogP contribution in [0.15, 0.2) is 72.9 Å². The highest BCUT2D eigenvalue weighted by Gasteiger charge is 2.19. The summed E-state index contributed by atoms with van der Waals surface area (Å²) >= 11 is 0. The molecule has 6 heteroatoms. The Morgan fingerprint density at radius 2 is 0.591 bits per heavy atom. The van der Waals surface area contributed by atoms with E-state index >= 15 is 0 Å². The van der Waals surface area contributed by atoms with Gasteiger partial charge in [-0.15, -0.1) is 0 Å². The molecule has 380 valence electrons. The van der Waals surface area contributed by atoms with E-state index in [-0.39, 0.29) is 31.1 Å². The topological polar surface area (TPSA) is 78.9 Å². The third-order valence-corrected chi connectivity index (χ3v) is 11.9. The Bertz CT molecular complexity index is 1240. The Hall–Kier alpha value is -3.15. The van der Waals surface area contributed by atoms with Gasteiger partial charge in [0.2, 0.25) is 0 Å². The van der Waals surface area contributed by atoms with Crippen LogP contribution in [0.25, 0.3) is 0 Å². The molecule has 0 aliphatic carbocycles. The van der Waals surface area contributed by atoms with Gasteiger partial charge in [0.1, 0.15) is 13.2 Å². The number of hydrogen-bond donors (Lipinski definition) is 0. The summed E-state index contributed by atoms with van der Waals surface area (Å²) in [6.45, 7) is 6.50. The van der Waals surface area contributed by atoms with Crippen LogP contribution in [0.2, 0.25) is 0 Å². The zero-order valence-electron chi connectivity index (χ0n) is 43.4. The summed E-state index contributed by atoms with van der Waals surface area (Å²) in [5, 5.41) is 0. The van der Waals surface area contributed by atoms with Crippen molar-refractivity contribution in [3.8, 4) is 0 Å². The van der Waals surface area contributed by atoms with Gasteiger partial charge in [0, 0.05) is 19.3 Å². The number of unbranched alkanes of at least 4 members (excludes halogenated alkanes) is 27. The molecular formula is C60H104O6. The first kappa shape index (κ1) is 62.8. The van der Waals surface area contributed by atoms with Crippen LogP contribution in [0.4, 0.5) is 0 Å². The zero-order chi connectivity index (χ0) is 47.9. The second kappa shape index (κ2) is 54.5. The van der Waals surface area contributed by atoms with E-state index in [1.165, 1.54) is 122 Å². The summed E-state index contributed by atoms with van der Waals surface area (Å²) in [6, 6.07) is 0. The second-order valence-corrected chi connectivity index (χ2v) is 18.5. The van der Waals surface area contributed by atoms with E-state index < -0.39 is 6.10 Å². The Morgan fingerprint density at radius 3 is 0.955 bits per heavy atom. The average Bonchev–Trinajstić information content (AvgIpc) is 3.31. The Balaban J connectivity index is 4.44. The van der Waals surface area contributed by atoms with Crippen molar-refractivity contribution < 1.29 is 28.6 Å². The summed E-state index contributed by atoms with van der Waals surface area (Å²) in [5.74, 6) is -0.922. The van der Waals surface area contributed by atoms with Crippen LogP contribution in [-0.4, -0.2) is 37.2 Å². The first-order chi connectivity index (χ1) is 32.5. The van der Waals surface area contributed by atoms with E-state index in [0.29, 0.717) is 19.3 Å². The van der Waals surface area contributed by atoms with Crippen molar-refractivity contribution in [1.29, 1.82) is 0 Å². The van der Waals surface area contributed by atoms with Crippen LogP contribution in [0.1, 0.15) is 271 Å². The highest BCUT2D eigenvalue weighted by atomic mass is 16.6. The molecule has 0 radical (unpaired) electrons. The van der Waals surface area contributed by atoms with Gasteiger partial charge in [-0.25, -0.2) is 0 Å². The first-order valence-corrected chi connectivity index (χ1v) is 27.9. The van der Waals surface area contributed by atoms with E-state index in [0.717, 1.165) is 109 Å². The maximum absolute atomic E-state index is 12.8. The molecule has 0 spiro atoms. The molecule has 0 rings (SSSR count). The summed E-state index contributed by atoms with van der Waals surface area (Å²) in [4.78, 5) is 38.1. The summed E-state index contributed by atoms with van der Waals surface area (Å²) < 4.78 is 16.8. The summed E-state index contributed by atoms with van der Waals surface area (Å²) in [7, 11) is 0. The SMILES string of the molecule is CC/C=C\C/C=C\C/C=C\C/C=C\C/C=C\CCCCCC(=O)OCC(COC(=O)CCCCCCCCCCCCCCCC)OC(=O)CCCCCCC/C=C\CCCCCCCC. The molecule has 0 bridgehead atoms. The molecule has 0 aromatic heterocycles. The van der Waals surface area contributed by atoms with Crippen molar-refractivity contribution in [2.75, 3.05) is 13.2 Å². The van der Waals surface area contributed by atoms with E-state index in [1.807, 2.05) is 0 Å². The lowest BCUT2D eigenvalue weighted by Gasteiger charge is -2.18. The van der Waals surface area contributed by atoms with Gasteiger partial charge in [-0.3, -0.25) is 14.4 Å². The smallest absolute Gasteiger partial charge is 0.306 e. The molecular weight excluding hydrogens is 817 g/mol. The number of esters is 3. The van der Waals surface area contributed by atoms with Crippen LogP contribution in [-0.2, 0) is 28.6 Å². The molecule has 0 heterocycles. The summed E-state index contributed by atoms with van der Waals surface area (Å²) in [5.41, 5.74) is 0. The molecule has 0 aliphatic heterocycles. The van der Waals surface area contributed by atoms with Crippen LogP contribution in [0, 0.1) is 0 Å². The second-order valence-electron chi connectivity index (χ2n) is 18.5. The minimum atomic E-state index is -0.791. The van der Waals surface area contributed by atoms with Gasteiger partial charge in [0.15, 0.2) is 6.10 Å². The van der Waals surface area contributed by atoms with Crippen LogP contribution in [0.3, 0.4) is 0 Å². The number of carbonyl (C=O) groups is 3. The maximum Gasteiger partial charge on any atom is 0.306 e. The van der Waals surface area contributed by atoms with Crippen LogP contribution >= 0.6 is 0 Å². The lowest BCUT2D eigenvalue weighted by Crippen LogP contribution is -2.30. The molecule has 0 saturated heterocycles. The average molecular weight is 921 g/mol. The van der Waals surface area contributed by atoms with Crippen LogP contribution < -0.4 is 0 Å². The minimum absolute atomic E-state index is 0.0872. The predicted octanol–water partition coefficient (Wildman–Crippen LogP) is 18.6. The fourth-order valence-electron chi connectivity index (χ4n) is 7.76. The quantitative estimate of drug-likeness (QED) is 0.0262. The van der Waals surface area contributed by atoms with Crippen molar-refractivity contribution >= 4 is 17.9 Å². The number of carbonyl (C=O) groups excluding carboxylic acids is 3. The Morgan fingerprint density at radius 1 is 0.318 bits per heavy atom. The number of hydrogen-bond acceptors (Lipinski definition) is 6. The normalized spacial score (nSPS) is 12.6. The zero-order valence-corrected chi connectivity index (χ0v) is 43.4. The van der Waals surface area contributed by atoms with E-state index in [9.17, 15) is 14.4 Å². The van der Waals surface area contributed by atoms with Crippen LogP contribution in [0.5, 0.6) is 0 Å². The molecule has 0 fully saturated rings. The van der Waals surface area contributed by atoms with Gasteiger partial charge >= 0.3 is 17.9 Å². The molecule has 0 amide bonds. The third kappa shape index (κ3) is 51.8. The third-order valence-electron chi connectivity index (χ3n) is 11.9. The van der Waals surface area contributed by atoms with Crippen molar-refractivity contribution in [1.82, 2.24) is 0 Å². The van der Waals surface area contributed by atoms with Gasteiger partial charge in [-0.2, -0.15) is 0 Å². The molecule has 0 aromatic carbocycles. The molecule has 0 saturated carbocycles. The fraction of sp³-hybridized carbons (Fsp3) is 0.750. The molecule has 6 nitrogen and oxygen atoms in total. The van der Waals surface area contributed by atoms with Crippen molar-refractivity contribution in [2.45, 2.75) is 277 Å². The fourth-order valence-corrected chi connectivity index (χ4v) is 7.76. The van der Waals surface area contributed by atoms with Gasteiger partial charge in [-0.05, 0) is 89.9 Å². The minimum Gasteiger partial charge on any atom is -0.462 e. The number of ether oxygens (including phenoxy) is 3. The van der Waals surface area contributed by atoms with Crippen molar-refractivity contribution in [3.63, 3.8) is 0 Å². The molecule has 66 heavy (non-hydrogen) atoms. The Kier molecular flexibility index (Phi) is 51.9. The lowest BCUT2D eigenvalue weighted by molar-refractivity contribution is -0.167. The van der Waals surface area contributed by atoms with Gasteiger partial charge in [-0.1, -0.05) is 235 Å². The monoisotopic (exact) mass is 921 g/mol. The largest absolute Gasteiger partial charge is 0.462 e. The van der Waals surface area contributed by atoms with Gasteiger partial charge in [0.05, 0.1) is 0 Å². The molecule has 1 atom stereocenters. The van der Waals surface area contributed by atoms with Gasteiger partial charge in [0.25, 0.3) is 0 Å². The molecule has 0 N–H and O–H groups in total. The highest BCUT2D eigenvalue weighted by Crippen LogP contribution is 2.15. The molecule has 1 unspecified atom stereocenters.